The van der Waals surface area contributed by atoms with E-state index in [1.165, 1.54) is 6.42 Å². The van der Waals surface area contributed by atoms with Crippen molar-refractivity contribution in [3.63, 3.8) is 0 Å². The molecule has 100 valence electrons. The molecule has 19 heavy (non-hydrogen) atoms. The number of nitro groups is 1. The standard InChI is InChI=1S/C14H16N2O3/c17-16(18)12-4-5-14-11(9-12)6-7-15(14)10-13-3-1-2-8-19-13/h4-7,9,13H,1-3,8,10H2. The molecular weight excluding hydrogens is 244 g/mol. The van der Waals surface area contributed by atoms with Crippen LogP contribution in [0.1, 0.15) is 19.3 Å². The monoisotopic (exact) mass is 260 g/mol. The predicted molar refractivity (Wildman–Crippen MR) is 72.2 cm³/mol. The zero-order valence-electron chi connectivity index (χ0n) is 10.6. The van der Waals surface area contributed by atoms with Gasteiger partial charge in [0, 0.05) is 42.4 Å². The van der Waals surface area contributed by atoms with Gasteiger partial charge in [0.25, 0.3) is 5.69 Å². The molecule has 0 spiro atoms. The number of aromatic nitrogens is 1. The minimum absolute atomic E-state index is 0.138. The molecule has 3 rings (SSSR count). The fraction of sp³-hybridized carbons (Fsp3) is 0.429. The third-order valence-corrected chi connectivity index (χ3v) is 3.64. The maximum atomic E-state index is 10.7. The van der Waals surface area contributed by atoms with E-state index in [2.05, 4.69) is 4.57 Å². The van der Waals surface area contributed by atoms with E-state index in [0.717, 1.165) is 36.9 Å². The van der Waals surface area contributed by atoms with Gasteiger partial charge in [-0.1, -0.05) is 0 Å². The summed E-state index contributed by atoms with van der Waals surface area (Å²) in [6.45, 7) is 1.66. The molecule has 1 unspecified atom stereocenters. The molecule has 1 aliphatic rings. The van der Waals surface area contributed by atoms with E-state index in [0.29, 0.717) is 0 Å². The van der Waals surface area contributed by atoms with Crippen molar-refractivity contribution in [2.24, 2.45) is 0 Å². The van der Waals surface area contributed by atoms with Crippen molar-refractivity contribution in [1.82, 2.24) is 4.57 Å². The number of benzene rings is 1. The summed E-state index contributed by atoms with van der Waals surface area (Å²) in [6.07, 6.45) is 5.70. The summed E-state index contributed by atoms with van der Waals surface area (Å²) in [7, 11) is 0. The Balaban J connectivity index is 1.86. The van der Waals surface area contributed by atoms with Crippen molar-refractivity contribution in [3.8, 4) is 0 Å². The van der Waals surface area contributed by atoms with Crippen LogP contribution in [0.5, 0.6) is 0 Å². The number of nitrogens with zero attached hydrogens (tertiary/aromatic N) is 2. The maximum absolute atomic E-state index is 10.7. The van der Waals surface area contributed by atoms with Crippen molar-refractivity contribution in [2.45, 2.75) is 31.9 Å². The van der Waals surface area contributed by atoms with E-state index in [1.807, 2.05) is 18.3 Å². The molecular formula is C14H16N2O3. The first-order valence-corrected chi connectivity index (χ1v) is 6.59. The molecule has 5 heteroatoms. The lowest BCUT2D eigenvalue weighted by Crippen LogP contribution is -2.24. The summed E-state index contributed by atoms with van der Waals surface area (Å²) >= 11 is 0. The fourth-order valence-electron chi connectivity index (χ4n) is 2.63. The molecule has 0 saturated carbocycles. The van der Waals surface area contributed by atoms with Crippen molar-refractivity contribution in [1.29, 1.82) is 0 Å². The van der Waals surface area contributed by atoms with Crippen LogP contribution in [0.2, 0.25) is 0 Å². The van der Waals surface area contributed by atoms with Gasteiger partial charge in [-0.05, 0) is 31.4 Å². The Morgan fingerprint density at radius 1 is 1.37 bits per heavy atom. The van der Waals surface area contributed by atoms with Gasteiger partial charge in [-0.15, -0.1) is 0 Å². The molecule has 1 aromatic heterocycles. The number of non-ortho nitro benzene ring substituents is 1. The van der Waals surface area contributed by atoms with Gasteiger partial charge < -0.3 is 9.30 Å². The molecule has 0 amide bonds. The highest BCUT2D eigenvalue weighted by Gasteiger charge is 2.16. The lowest BCUT2D eigenvalue weighted by atomic mass is 10.1. The lowest BCUT2D eigenvalue weighted by Gasteiger charge is -2.23. The molecule has 1 aliphatic heterocycles. The van der Waals surface area contributed by atoms with Gasteiger partial charge in [0.2, 0.25) is 0 Å². The molecule has 1 saturated heterocycles. The van der Waals surface area contributed by atoms with Crippen molar-refractivity contribution >= 4 is 16.6 Å². The third kappa shape index (κ3) is 2.46. The van der Waals surface area contributed by atoms with Crippen molar-refractivity contribution in [3.05, 3.63) is 40.6 Å². The molecule has 2 aromatic rings. The van der Waals surface area contributed by atoms with Crippen LogP contribution in [0.4, 0.5) is 5.69 Å². The molecule has 2 heterocycles. The van der Waals surface area contributed by atoms with Gasteiger partial charge in [-0.2, -0.15) is 0 Å². The Morgan fingerprint density at radius 3 is 3.00 bits per heavy atom. The van der Waals surface area contributed by atoms with Crippen LogP contribution < -0.4 is 0 Å². The van der Waals surface area contributed by atoms with Crippen LogP contribution >= 0.6 is 0 Å². The van der Waals surface area contributed by atoms with Crippen LogP contribution in [0.15, 0.2) is 30.5 Å². The minimum atomic E-state index is -0.360. The largest absolute Gasteiger partial charge is 0.376 e. The Kier molecular flexibility index (Phi) is 3.21. The van der Waals surface area contributed by atoms with Crippen molar-refractivity contribution in [2.75, 3.05) is 6.61 Å². The zero-order valence-corrected chi connectivity index (χ0v) is 10.6. The SMILES string of the molecule is O=[N+]([O-])c1ccc2c(ccn2CC2CCCCO2)c1. The minimum Gasteiger partial charge on any atom is -0.376 e. The maximum Gasteiger partial charge on any atom is 0.270 e. The molecule has 0 N–H and O–H groups in total. The molecule has 1 fully saturated rings. The predicted octanol–water partition coefficient (Wildman–Crippen LogP) is 3.12. The second kappa shape index (κ2) is 5.01. The molecule has 1 aromatic carbocycles. The fourth-order valence-corrected chi connectivity index (χ4v) is 2.63. The van der Waals surface area contributed by atoms with E-state index in [-0.39, 0.29) is 16.7 Å². The first-order valence-electron chi connectivity index (χ1n) is 6.59. The summed E-state index contributed by atoms with van der Waals surface area (Å²) < 4.78 is 7.85. The van der Waals surface area contributed by atoms with Crippen molar-refractivity contribution < 1.29 is 9.66 Å². The van der Waals surface area contributed by atoms with E-state index in [1.54, 1.807) is 12.1 Å². The zero-order chi connectivity index (χ0) is 13.2. The average Bonchev–Trinajstić information content (AvgIpc) is 2.82. The smallest absolute Gasteiger partial charge is 0.270 e. The van der Waals surface area contributed by atoms with E-state index >= 15 is 0 Å². The number of rotatable bonds is 3. The molecule has 0 bridgehead atoms. The number of fused-ring (bicyclic) bond motifs is 1. The van der Waals surface area contributed by atoms with Gasteiger partial charge >= 0.3 is 0 Å². The molecule has 0 aliphatic carbocycles. The number of hydrogen-bond acceptors (Lipinski definition) is 3. The average molecular weight is 260 g/mol. The van der Waals surface area contributed by atoms with Crippen LogP contribution in [0, 0.1) is 10.1 Å². The second-order valence-electron chi connectivity index (χ2n) is 4.96. The highest BCUT2D eigenvalue weighted by molar-refractivity contribution is 5.82. The van der Waals surface area contributed by atoms with Gasteiger partial charge in [0.05, 0.1) is 11.0 Å². The highest BCUT2D eigenvalue weighted by Crippen LogP contribution is 2.23. The summed E-state index contributed by atoms with van der Waals surface area (Å²) in [5.41, 5.74) is 1.17. The van der Waals surface area contributed by atoms with E-state index < -0.39 is 0 Å². The van der Waals surface area contributed by atoms with E-state index in [4.69, 9.17) is 4.74 Å². The lowest BCUT2D eigenvalue weighted by molar-refractivity contribution is -0.384. The Labute approximate surface area is 110 Å². The molecule has 5 nitrogen and oxygen atoms in total. The number of ether oxygens (including phenoxy) is 1. The number of nitro benzene ring substituents is 1. The molecule has 0 radical (unpaired) electrons. The first-order chi connectivity index (χ1) is 9.24. The third-order valence-electron chi connectivity index (χ3n) is 3.64. The van der Waals surface area contributed by atoms with Crippen LogP contribution in [-0.4, -0.2) is 22.2 Å². The quantitative estimate of drug-likeness (QED) is 0.629. The van der Waals surface area contributed by atoms with Crippen LogP contribution in [0.25, 0.3) is 10.9 Å². The van der Waals surface area contributed by atoms with Gasteiger partial charge in [0.15, 0.2) is 0 Å². The van der Waals surface area contributed by atoms with E-state index in [9.17, 15) is 10.1 Å². The summed E-state index contributed by atoms with van der Waals surface area (Å²) in [5.74, 6) is 0. The Hall–Kier alpha value is -1.88. The van der Waals surface area contributed by atoms with Gasteiger partial charge in [0.1, 0.15) is 0 Å². The topological polar surface area (TPSA) is 57.3 Å². The Bertz CT molecular complexity index is 600. The number of hydrogen-bond donors (Lipinski definition) is 0. The highest BCUT2D eigenvalue weighted by atomic mass is 16.6. The second-order valence-corrected chi connectivity index (χ2v) is 4.96. The summed E-state index contributed by atoms with van der Waals surface area (Å²) in [4.78, 5) is 10.4. The Morgan fingerprint density at radius 2 is 2.26 bits per heavy atom. The van der Waals surface area contributed by atoms with Gasteiger partial charge in [-0.25, -0.2) is 0 Å². The molecule has 1 atom stereocenters. The van der Waals surface area contributed by atoms with Crippen LogP contribution in [0.3, 0.4) is 0 Å². The van der Waals surface area contributed by atoms with Crippen LogP contribution in [-0.2, 0) is 11.3 Å². The summed E-state index contributed by atoms with van der Waals surface area (Å²) in [6, 6.07) is 6.91. The van der Waals surface area contributed by atoms with Gasteiger partial charge in [-0.3, -0.25) is 10.1 Å². The normalized spacial score (nSPS) is 19.7. The first kappa shape index (κ1) is 12.2. The summed E-state index contributed by atoms with van der Waals surface area (Å²) in [5, 5.41) is 11.7.